The Kier molecular flexibility index (Phi) is 3.64. The fourth-order valence-electron chi connectivity index (χ4n) is 1.66. The summed E-state index contributed by atoms with van der Waals surface area (Å²) < 4.78 is 0. The number of hydrogen-bond donors (Lipinski definition) is 1. The van der Waals surface area contributed by atoms with E-state index in [0.717, 1.165) is 22.2 Å². The van der Waals surface area contributed by atoms with Crippen molar-refractivity contribution in [2.24, 2.45) is 5.92 Å². The Hall–Kier alpha value is -0.550. The van der Waals surface area contributed by atoms with Crippen LogP contribution in [0, 0.1) is 5.92 Å². The summed E-state index contributed by atoms with van der Waals surface area (Å²) >= 11 is 3.55. The number of carbonyl (C=O) groups is 1. The van der Waals surface area contributed by atoms with Crippen molar-refractivity contribution in [3.8, 4) is 0 Å². The number of aliphatic carboxylic acids is 1. The Morgan fingerprint density at radius 3 is 3.20 bits per heavy atom. The summed E-state index contributed by atoms with van der Waals surface area (Å²) in [6, 6.07) is 0. The van der Waals surface area contributed by atoms with E-state index in [9.17, 15) is 4.79 Å². The summed E-state index contributed by atoms with van der Waals surface area (Å²) in [4.78, 5) is 15.6. The molecule has 0 saturated carbocycles. The zero-order valence-corrected chi connectivity index (χ0v) is 9.94. The first-order valence-corrected chi connectivity index (χ1v) is 6.94. The number of carboxylic acid groups (broad SMARTS) is 1. The van der Waals surface area contributed by atoms with Crippen molar-refractivity contribution in [3.63, 3.8) is 0 Å². The maximum absolute atomic E-state index is 10.5. The van der Waals surface area contributed by atoms with Gasteiger partial charge in [0.1, 0.15) is 0 Å². The highest BCUT2D eigenvalue weighted by atomic mass is 32.2. The highest BCUT2D eigenvalue weighted by molar-refractivity contribution is 7.99. The lowest BCUT2D eigenvalue weighted by Gasteiger charge is -2.03. The second kappa shape index (κ2) is 4.99. The molecule has 1 aromatic rings. The van der Waals surface area contributed by atoms with E-state index in [-0.39, 0.29) is 6.42 Å². The molecule has 0 amide bonds. The van der Waals surface area contributed by atoms with Crippen molar-refractivity contribution >= 4 is 29.1 Å². The number of thioether (sulfide) groups is 1. The van der Waals surface area contributed by atoms with E-state index in [4.69, 9.17) is 5.11 Å². The molecule has 1 N–H and O–H groups in total. The van der Waals surface area contributed by atoms with Crippen LogP contribution in [-0.2, 0) is 17.6 Å². The van der Waals surface area contributed by atoms with Gasteiger partial charge in [-0.1, -0.05) is 0 Å². The van der Waals surface area contributed by atoms with Crippen LogP contribution in [0.25, 0.3) is 0 Å². The first-order chi connectivity index (χ1) is 7.24. The SMILES string of the molecule is O=C(O)Cc1cnc(CC2CCSC2)s1. The third-order valence-electron chi connectivity index (χ3n) is 2.41. The van der Waals surface area contributed by atoms with Crippen LogP contribution in [0.15, 0.2) is 6.20 Å². The molecule has 1 unspecified atom stereocenters. The number of hydrogen-bond acceptors (Lipinski definition) is 4. The van der Waals surface area contributed by atoms with Crippen LogP contribution in [0.5, 0.6) is 0 Å². The van der Waals surface area contributed by atoms with E-state index in [2.05, 4.69) is 4.98 Å². The third kappa shape index (κ3) is 3.21. The zero-order chi connectivity index (χ0) is 10.7. The highest BCUT2D eigenvalue weighted by Gasteiger charge is 2.17. The Bertz CT molecular complexity index is 345. The number of rotatable bonds is 4. The molecule has 1 atom stereocenters. The molecule has 2 rings (SSSR count). The van der Waals surface area contributed by atoms with E-state index >= 15 is 0 Å². The van der Waals surface area contributed by atoms with Gasteiger partial charge in [-0.25, -0.2) is 4.98 Å². The highest BCUT2D eigenvalue weighted by Crippen LogP contribution is 2.28. The second-order valence-electron chi connectivity index (χ2n) is 3.72. The minimum Gasteiger partial charge on any atom is -0.481 e. The lowest BCUT2D eigenvalue weighted by molar-refractivity contribution is -0.136. The summed E-state index contributed by atoms with van der Waals surface area (Å²) in [5.74, 6) is 2.46. The van der Waals surface area contributed by atoms with Crippen LogP contribution < -0.4 is 0 Å². The second-order valence-corrected chi connectivity index (χ2v) is 6.07. The third-order valence-corrected chi connectivity index (χ3v) is 4.67. The van der Waals surface area contributed by atoms with Gasteiger partial charge in [-0.15, -0.1) is 11.3 Å². The molecule has 1 aliphatic heterocycles. The molecule has 1 saturated heterocycles. The van der Waals surface area contributed by atoms with Gasteiger partial charge in [-0.2, -0.15) is 11.8 Å². The van der Waals surface area contributed by atoms with Gasteiger partial charge in [0, 0.05) is 17.5 Å². The summed E-state index contributed by atoms with van der Waals surface area (Å²) in [6.07, 6.45) is 4.11. The molecule has 2 heterocycles. The van der Waals surface area contributed by atoms with E-state index < -0.39 is 5.97 Å². The van der Waals surface area contributed by atoms with Gasteiger partial charge in [-0.05, 0) is 23.8 Å². The first kappa shape index (κ1) is 11.0. The van der Waals surface area contributed by atoms with Gasteiger partial charge in [0.05, 0.1) is 11.4 Å². The van der Waals surface area contributed by atoms with Crippen LogP contribution >= 0.6 is 23.1 Å². The smallest absolute Gasteiger partial charge is 0.308 e. The predicted octanol–water partition coefficient (Wildman–Crippen LogP) is 2.07. The molecule has 15 heavy (non-hydrogen) atoms. The van der Waals surface area contributed by atoms with Crippen molar-refractivity contribution < 1.29 is 9.90 Å². The zero-order valence-electron chi connectivity index (χ0n) is 8.31. The molecule has 0 spiro atoms. The van der Waals surface area contributed by atoms with Crippen LogP contribution in [0.3, 0.4) is 0 Å². The minimum absolute atomic E-state index is 0.108. The van der Waals surface area contributed by atoms with Crippen LogP contribution in [-0.4, -0.2) is 27.6 Å². The molecule has 1 fully saturated rings. The van der Waals surface area contributed by atoms with Gasteiger partial charge in [-0.3, -0.25) is 4.79 Å². The maximum Gasteiger partial charge on any atom is 0.308 e. The quantitative estimate of drug-likeness (QED) is 0.879. The Morgan fingerprint density at radius 2 is 2.53 bits per heavy atom. The lowest BCUT2D eigenvalue weighted by Crippen LogP contribution is -2.01. The molecule has 0 aromatic carbocycles. The fraction of sp³-hybridized carbons (Fsp3) is 0.600. The Morgan fingerprint density at radius 1 is 1.67 bits per heavy atom. The van der Waals surface area contributed by atoms with Crippen molar-refractivity contribution in [1.82, 2.24) is 4.98 Å². The van der Waals surface area contributed by atoms with Gasteiger partial charge in [0.15, 0.2) is 0 Å². The maximum atomic E-state index is 10.5. The molecule has 0 aliphatic carbocycles. The molecule has 1 aliphatic rings. The molecule has 0 radical (unpaired) electrons. The molecule has 82 valence electrons. The van der Waals surface area contributed by atoms with Gasteiger partial charge < -0.3 is 5.11 Å². The molecule has 1 aromatic heterocycles. The van der Waals surface area contributed by atoms with Crippen LogP contribution in [0.1, 0.15) is 16.3 Å². The molecular weight excluding hydrogens is 230 g/mol. The normalized spacial score (nSPS) is 20.7. The molecular formula is C10H13NO2S2. The number of aromatic nitrogens is 1. The fourth-order valence-corrected chi connectivity index (χ4v) is 3.98. The topological polar surface area (TPSA) is 50.2 Å². The number of carboxylic acids is 1. The van der Waals surface area contributed by atoms with Crippen LogP contribution in [0.2, 0.25) is 0 Å². The average molecular weight is 243 g/mol. The first-order valence-electron chi connectivity index (χ1n) is 4.97. The predicted molar refractivity (Wildman–Crippen MR) is 62.6 cm³/mol. The van der Waals surface area contributed by atoms with Gasteiger partial charge >= 0.3 is 5.97 Å². The Balaban J connectivity index is 1.91. The van der Waals surface area contributed by atoms with Crippen molar-refractivity contribution in [2.75, 3.05) is 11.5 Å². The number of thiazole rings is 1. The largest absolute Gasteiger partial charge is 0.481 e. The summed E-state index contributed by atoms with van der Waals surface area (Å²) in [6.45, 7) is 0. The van der Waals surface area contributed by atoms with Crippen molar-refractivity contribution in [3.05, 3.63) is 16.1 Å². The van der Waals surface area contributed by atoms with Crippen molar-refractivity contribution in [1.29, 1.82) is 0 Å². The van der Waals surface area contributed by atoms with E-state index in [1.54, 1.807) is 17.5 Å². The van der Waals surface area contributed by atoms with E-state index in [0.29, 0.717) is 0 Å². The van der Waals surface area contributed by atoms with Gasteiger partial charge in [0.2, 0.25) is 0 Å². The Labute approximate surface area is 96.9 Å². The van der Waals surface area contributed by atoms with Gasteiger partial charge in [0.25, 0.3) is 0 Å². The van der Waals surface area contributed by atoms with E-state index in [1.807, 2.05) is 11.8 Å². The van der Waals surface area contributed by atoms with E-state index in [1.165, 1.54) is 17.9 Å². The minimum atomic E-state index is -0.776. The average Bonchev–Trinajstić information content (AvgIpc) is 2.77. The van der Waals surface area contributed by atoms with Crippen LogP contribution in [0.4, 0.5) is 0 Å². The monoisotopic (exact) mass is 243 g/mol. The summed E-state index contributed by atoms with van der Waals surface area (Å²) in [5.41, 5.74) is 0. The molecule has 5 heteroatoms. The molecule has 0 bridgehead atoms. The summed E-state index contributed by atoms with van der Waals surface area (Å²) in [7, 11) is 0. The van der Waals surface area contributed by atoms with Crippen molar-refractivity contribution in [2.45, 2.75) is 19.3 Å². The standard InChI is InChI=1S/C10H13NO2S2/c12-10(13)4-8-5-11-9(15-8)3-7-1-2-14-6-7/h5,7H,1-4,6H2,(H,12,13). The lowest BCUT2D eigenvalue weighted by atomic mass is 10.1. The summed E-state index contributed by atoms with van der Waals surface area (Å²) in [5, 5.41) is 9.73. The number of nitrogens with zero attached hydrogens (tertiary/aromatic N) is 1. The molecule has 3 nitrogen and oxygen atoms in total.